The fraction of sp³-hybridized carbons (Fsp3) is 0.534. The Morgan fingerprint density at radius 3 is 1.64 bits per heavy atom. The summed E-state index contributed by atoms with van der Waals surface area (Å²) >= 11 is 0. The summed E-state index contributed by atoms with van der Waals surface area (Å²) in [5.74, 6) is 65.2. The van der Waals surface area contributed by atoms with Crippen molar-refractivity contribution < 1.29 is 38.0 Å². The zero-order chi connectivity index (χ0) is 47.7. The number of fused-ring (bicyclic) bond motifs is 1. The minimum Gasteiger partial charge on any atom is -0.447 e. The topological polar surface area (TPSA) is 81.7 Å². The maximum atomic E-state index is 13.2. The summed E-state index contributed by atoms with van der Waals surface area (Å²) in [6.45, 7) is 16.0. The van der Waals surface area contributed by atoms with Gasteiger partial charge in [0.15, 0.2) is 24.0 Å². The molecule has 0 aliphatic carbocycles. The maximum absolute atomic E-state index is 13.2. The molecule has 338 valence electrons. The third kappa shape index (κ3) is 22.4. The molecule has 0 amide bonds. The lowest BCUT2D eigenvalue weighted by Crippen LogP contribution is -2.59. The fourth-order valence-corrected chi connectivity index (χ4v) is 6.87. The molecule has 0 aromatic heterocycles. The Kier molecular flexibility index (Phi) is 25.6. The molecule has 0 saturated carbocycles. The van der Waals surface area contributed by atoms with Crippen molar-refractivity contribution >= 4 is 5.97 Å². The number of carbonyl (C=O) groups is 1. The van der Waals surface area contributed by atoms with Gasteiger partial charge in [0.2, 0.25) is 0 Å². The van der Waals surface area contributed by atoms with Crippen molar-refractivity contribution in [3.8, 4) is 154 Å². The van der Waals surface area contributed by atoms with E-state index in [0.29, 0.717) is 6.61 Å². The van der Waals surface area contributed by atoms with Gasteiger partial charge >= 0.3 is 5.97 Å². The van der Waals surface area contributed by atoms with Crippen molar-refractivity contribution in [2.45, 2.75) is 174 Å². The third-order valence-electron chi connectivity index (χ3n) is 10.2. The Balaban J connectivity index is 1.60. The van der Waals surface area contributed by atoms with Crippen molar-refractivity contribution in [1.29, 1.82) is 0 Å². The molecular formula is C58H58O8. The van der Waals surface area contributed by atoms with Crippen LogP contribution in [0.15, 0.2) is 0 Å². The van der Waals surface area contributed by atoms with E-state index in [9.17, 15) is 4.79 Å². The summed E-state index contributed by atoms with van der Waals surface area (Å²) in [4.78, 5) is 13.2. The van der Waals surface area contributed by atoms with Crippen LogP contribution in [0, 0.1) is 166 Å². The van der Waals surface area contributed by atoms with Crippen molar-refractivity contribution in [3.63, 3.8) is 0 Å². The first kappa shape index (κ1) is 53.8. The van der Waals surface area contributed by atoms with Crippen LogP contribution in [0.3, 0.4) is 0 Å². The zero-order valence-corrected chi connectivity index (χ0v) is 39.6. The minimum atomic E-state index is -0.900. The van der Waals surface area contributed by atoms with E-state index in [0.717, 1.165) is 44.9 Å². The smallest absolute Gasteiger partial charge is 0.385 e. The lowest BCUT2D eigenvalue weighted by molar-refractivity contribution is -0.368. The molecule has 3 heterocycles. The summed E-state index contributed by atoms with van der Waals surface area (Å²) in [7, 11) is 0. The van der Waals surface area contributed by atoms with Crippen LogP contribution in [0.4, 0.5) is 0 Å². The van der Waals surface area contributed by atoms with E-state index in [1.165, 1.54) is 25.7 Å². The molecule has 0 radical (unpaired) electrons. The Labute approximate surface area is 395 Å². The summed E-state index contributed by atoms with van der Waals surface area (Å²) in [5.41, 5.74) is 0. The van der Waals surface area contributed by atoms with Crippen LogP contribution < -0.4 is 0 Å². The van der Waals surface area contributed by atoms with Crippen molar-refractivity contribution in [3.05, 3.63) is 0 Å². The minimum absolute atomic E-state index is 0.0105. The first-order valence-corrected chi connectivity index (χ1v) is 22.5. The van der Waals surface area contributed by atoms with Crippen LogP contribution in [0.5, 0.6) is 0 Å². The molecule has 8 nitrogen and oxygen atoms in total. The highest BCUT2D eigenvalue weighted by Crippen LogP contribution is 2.39. The van der Waals surface area contributed by atoms with E-state index in [4.69, 9.17) is 33.2 Å². The molecule has 0 aromatic rings. The molecule has 0 aromatic carbocycles. The number of esters is 1. The van der Waals surface area contributed by atoms with Gasteiger partial charge in [-0.1, -0.05) is 65.2 Å². The zero-order valence-electron chi connectivity index (χ0n) is 39.6. The second kappa shape index (κ2) is 31.4. The molecular weight excluding hydrogens is 825 g/mol. The summed E-state index contributed by atoms with van der Waals surface area (Å²) in [5, 5.41) is 0. The van der Waals surface area contributed by atoms with Gasteiger partial charge in [0.05, 0.1) is 25.4 Å². The van der Waals surface area contributed by atoms with E-state index in [2.05, 4.69) is 175 Å². The van der Waals surface area contributed by atoms with E-state index in [1.54, 1.807) is 6.92 Å². The van der Waals surface area contributed by atoms with Gasteiger partial charge in [-0.05, 0) is 155 Å². The lowest BCUT2D eigenvalue weighted by Gasteiger charge is -2.50. The number of ether oxygens (including phenoxy) is 7. The number of carbonyl (C=O) groups excluding carboxylic acids is 1. The SMILES string of the molecule is CC#CC#CC#CC#CC#CC#CC#CC#CC#CC#CC#CC#CC(=O)O[C@@H](COC1OC2COC(C)(C)OC2C(C)C1C)[C@@H]1OC(C)(C)O[C@@H]1CCCCCCC#CCCCCCC. The van der Waals surface area contributed by atoms with Gasteiger partial charge < -0.3 is 33.2 Å². The van der Waals surface area contributed by atoms with Crippen LogP contribution >= 0.6 is 0 Å². The standard InChI is InChI=1S/C58H58O8/c1-9-11-13-15-17-19-21-23-24-25-26-27-28-29-30-31-32-33-35-37-39-41-43-45-53(59)62-51(46-60-56-49(4)48(3)54-52(63-56)47-61-57(5,6)65-54)55-50(64-58(7,8)66-55)44-42-40-38-36-34-22-20-18-16-14-12-10-2/h48-52,54-56H,10,12,14,16,18,34,36,38,40,42,44,46-47H2,1-8H3/t48?,49?,50-,51+,52?,54?,55-,56?/m1/s1. The molecule has 3 aliphatic heterocycles. The quantitative estimate of drug-likeness (QED) is 0.0757. The Hall–Kier alpha value is -6.49. The molecule has 5 unspecified atom stereocenters. The molecule has 3 saturated heterocycles. The molecule has 8 heteroatoms. The summed E-state index contributed by atoms with van der Waals surface area (Å²) in [6.07, 6.45) is 8.78. The largest absolute Gasteiger partial charge is 0.447 e. The van der Waals surface area contributed by atoms with Gasteiger partial charge in [0, 0.05) is 60.2 Å². The second-order valence-electron chi connectivity index (χ2n) is 16.2. The van der Waals surface area contributed by atoms with Crippen molar-refractivity contribution in [2.24, 2.45) is 11.8 Å². The first-order valence-electron chi connectivity index (χ1n) is 22.5. The average Bonchev–Trinajstić information content (AvgIpc) is 3.60. The second-order valence-corrected chi connectivity index (χ2v) is 16.2. The molecule has 0 spiro atoms. The number of hydrogen-bond donors (Lipinski definition) is 0. The molecule has 66 heavy (non-hydrogen) atoms. The Morgan fingerprint density at radius 2 is 1.11 bits per heavy atom. The molecule has 8 atom stereocenters. The van der Waals surface area contributed by atoms with Crippen molar-refractivity contribution in [1.82, 2.24) is 0 Å². The highest BCUT2D eigenvalue weighted by Gasteiger charge is 2.50. The molecule has 0 N–H and O–H groups in total. The Bertz CT molecular complexity index is 2510. The fourth-order valence-electron chi connectivity index (χ4n) is 6.87. The van der Waals surface area contributed by atoms with Gasteiger partial charge in [-0.2, -0.15) is 0 Å². The van der Waals surface area contributed by atoms with Crippen LogP contribution in [-0.4, -0.2) is 67.6 Å². The molecule has 3 fully saturated rings. The predicted octanol–water partition coefficient (Wildman–Crippen LogP) is 6.96. The molecule has 3 aliphatic rings. The third-order valence-corrected chi connectivity index (χ3v) is 10.2. The maximum Gasteiger partial charge on any atom is 0.385 e. The molecule has 3 rings (SSSR count). The number of hydrogen-bond acceptors (Lipinski definition) is 8. The Morgan fingerprint density at radius 1 is 0.606 bits per heavy atom. The van der Waals surface area contributed by atoms with Crippen LogP contribution in [0.2, 0.25) is 0 Å². The van der Waals surface area contributed by atoms with Gasteiger partial charge in [-0.15, -0.1) is 11.8 Å². The van der Waals surface area contributed by atoms with Gasteiger partial charge in [-0.3, -0.25) is 0 Å². The van der Waals surface area contributed by atoms with Gasteiger partial charge in [0.1, 0.15) is 12.2 Å². The van der Waals surface area contributed by atoms with E-state index < -0.39 is 36.0 Å². The van der Waals surface area contributed by atoms with E-state index in [1.807, 2.05) is 27.7 Å². The first-order chi connectivity index (χ1) is 32.0. The number of unbranched alkanes of at least 4 members (excludes halogenated alkanes) is 8. The monoisotopic (exact) mass is 882 g/mol. The van der Waals surface area contributed by atoms with Crippen molar-refractivity contribution in [2.75, 3.05) is 13.2 Å². The summed E-state index contributed by atoms with van der Waals surface area (Å²) in [6, 6.07) is 0. The normalized spacial score (nSPS) is 22.1. The van der Waals surface area contributed by atoms with Gasteiger partial charge in [0.25, 0.3) is 0 Å². The highest BCUT2D eigenvalue weighted by molar-refractivity contribution is 5.89. The van der Waals surface area contributed by atoms with Gasteiger partial charge in [-0.25, -0.2) is 4.79 Å². The van der Waals surface area contributed by atoms with E-state index >= 15 is 0 Å². The highest BCUT2D eigenvalue weighted by atomic mass is 16.8. The average molecular weight is 883 g/mol. The van der Waals surface area contributed by atoms with E-state index in [-0.39, 0.29) is 36.8 Å². The van der Waals surface area contributed by atoms with Crippen LogP contribution in [0.25, 0.3) is 0 Å². The predicted molar refractivity (Wildman–Crippen MR) is 255 cm³/mol. The summed E-state index contributed by atoms with van der Waals surface area (Å²) < 4.78 is 43.7. The molecule has 0 bridgehead atoms. The number of rotatable bonds is 15. The van der Waals surface area contributed by atoms with Crippen LogP contribution in [0.1, 0.15) is 126 Å². The van der Waals surface area contributed by atoms with Crippen LogP contribution in [-0.2, 0) is 38.0 Å². The lowest BCUT2D eigenvalue weighted by atomic mass is 9.84.